The summed E-state index contributed by atoms with van der Waals surface area (Å²) in [5, 5.41) is 0. The Morgan fingerprint density at radius 3 is 2.43 bits per heavy atom. The fraction of sp³-hybridized carbons (Fsp3) is 0.636. The maximum atomic E-state index is 11.0. The Kier molecular flexibility index (Phi) is 4.48. The molecule has 0 aromatic heterocycles. The lowest BCUT2D eigenvalue weighted by Gasteiger charge is -2.29. The minimum absolute atomic E-state index is 0.590. The highest BCUT2D eigenvalue weighted by Gasteiger charge is 2.22. The first-order valence-electron chi connectivity index (χ1n) is 5.06. The summed E-state index contributed by atoms with van der Waals surface area (Å²) in [6.45, 7) is 8.57. The predicted molar refractivity (Wildman–Crippen MR) is 67.0 cm³/mol. The molecule has 0 spiro atoms. The van der Waals surface area contributed by atoms with Crippen molar-refractivity contribution in [3.63, 3.8) is 0 Å². The van der Waals surface area contributed by atoms with Gasteiger partial charge in [0.1, 0.15) is 8.93 Å². The summed E-state index contributed by atoms with van der Waals surface area (Å²) in [5.74, 6) is 1.18. The van der Waals surface area contributed by atoms with Crippen molar-refractivity contribution in [3.8, 4) is 0 Å². The molecule has 0 radical (unpaired) electrons. The summed E-state index contributed by atoms with van der Waals surface area (Å²) in [6.07, 6.45) is 5.08. The van der Waals surface area contributed by atoms with E-state index < -0.39 is 7.49 Å². The lowest BCUT2D eigenvalue weighted by atomic mass is 9.77. The van der Waals surface area contributed by atoms with Crippen LogP contribution in [0.1, 0.15) is 26.7 Å². The third-order valence-electron chi connectivity index (χ3n) is 2.96. The van der Waals surface area contributed by atoms with Crippen LogP contribution in [0, 0.1) is 11.8 Å². The monoisotopic (exact) mass is 229 g/mol. The quantitative estimate of drug-likeness (QED) is 0.513. The largest absolute Gasteiger partial charge is 0.353 e. The third-order valence-corrected chi connectivity index (χ3v) is 4.14. The van der Waals surface area contributed by atoms with Crippen LogP contribution in [0.25, 0.3) is 0 Å². The molecule has 1 rings (SSSR count). The molecule has 3 heteroatoms. The van der Waals surface area contributed by atoms with Crippen molar-refractivity contribution in [2.24, 2.45) is 11.8 Å². The van der Waals surface area contributed by atoms with E-state index in [1.807, 2.05) is 0 Å². The Hall–Kier alpha value is 0.01000. The van der Waals surface area contributed by atoms with Gasteiger partial charge in [0.05, 0.1) is 0 Å². The van der Waals surface area contributed by atoms with Crippen molar-refractivity contribution in [3.05, 3.63) is 23.8 Å². The summed E-state index contributed by atoms with van der Waals surface area (Å²) >= 11 is 0. The molecule has 0 aromatic rings. The van der Waals surface area contributed by atoms with Crippen molar-refractivity contribution < 1.29 is 4.57 Å². The van der Waals surface area contributed by atoms with Gasteiger partial charge in [0.15, 0.2) is 6.16 Å². The van der Waals surface area contributed by atoms with Gasteiger partial charge in [-0.2, -0.15) is 0 Å². The molecule has 1 nitrogen and oxygen atoms in total. The van der Waals surface area contributed by atoms with Crippen LogP contribution in [0.2, 0.25) is 0 Å². The minimum Gasteiger partial charge on any atom is -0.0993 e. The van der Waals surface area contributed by atoms with Gasteiger partial charge in [0.2, 0.25) is 0 Å². The Morgan fingerprint density at radius 2 is 2.00 bits per heavy atom. The van der Waals surface area contributed by atoms with Crippen LogP contribution in [0.15, 0.2) is 23.8 Å². The molecule has 0 heterocycles. The van der Waals surface area contributed by atoms with Crippen LogP contribution in [0.5, 0.6) is 0 Å². The molecule has 0 bridgehead atoms. The Bertz CT molecular complexity index is 265. The van der Waals surface area contributed by atoms with E-state index in [1.54, 1.807) is 0 Å². The highest BCUT2D eigenvalue weighted by Crippen LogP contribution is 2.37. The van der Waals surface area contributed by atoms with E-state index in [-0.39, 0.29) is 0 Å². The predicted octanol–water partition coefficient (Wildman–Crippen LogP) is 4.15. The Morgan fingerprint density at radius 1 is 1.50 bits per heavy atom. The van der Waals surface area contributed by atoms with Crippen LogP contribution in [0.4, 0.5) is 0 Å². The number of rotatable bonds is 2. The first-order valence-corrected chi connectivity index (χ1v) is 8.13. The number of hydrogen-bond donors (Lipinski definition) is 0. The lowest BCUT2D eigenvalue weighted by molar-refractivity contribution is 0.482. The van der Waals surface area contributed by atoms with Gasteiger partial charge in [-0.25, -0.2) is 0 Å². The second-order valence-corrected chi connectivity index (χ2v) is 7.17. The molecular formula is C11H19OP2+. The zero-order chi connectivity index (χ0) is 10.7. The van der Waals surface area contributed by atoms with Crippen LogP contribution < -0.4 is 0 Å². The maximum Gasteiger partial charge on any atom is 0.353 e. The minimum atomic E-state index is -1.10. The molecule has 14 heavy (non-hydrogen) atoms. The van der Waals surface area contributed by atoms with E-state index in [4.69, 9.17) is 0 Å². The fourth-order valence-electron chi connectivity index (χ4n) is 2.00. The van der Waals surface area contributed by atoms with Gasteiger partial charge >= 0.3 is 7.49 Å². The van der Waals surface area contributed by atoms with Gasteiger partial charge in [-0.05, 0) is 30.8 Å². The molecular weight excluding hydrogens is 210 g/mol. The highest BCUT2D eigenvalue weighted by atomic mass is 32.0. The standard InChI is InChI=1S/C11H19OP2/c1-8-6-11(4-5-14(12)13)7-9(2)10(8)3/h4,8-9H,3,5-7,13H2,1-2H3/q+1/t8-,9-/m1/s1. The zero-order valence-electron chi connectivity index (χ0n) is 8.99. The van der Waals surface area contributed by atoms with Gasteiger partial charge in [-0.15, -0.1) is 0 Å². The van der Waals surface area contributed by atoms with E-state index in [2.05, 4.69) is 35.4 Å². The van der Waals surface area contributed by atoms with Crippen LogP contribution >= 0.6 is 16.4 Å². The molecule has 0 aliphatic heterocycles. The normalized spacial score (nSPS) is 28.9. The molecule has 78 valence electrons. The summed E-state index contributed by atoms with van der Waals surface area (Å²) < 4.78 is 11.0. The first-order chi connectivity index (χ1) is 6.50. The molecule has 2 unspecified atom stereocenters. The summed E-state index contributed by atoms with van der Waals surface area (Å²) in [4.78, 5) is 0. The molecule has 1 aliphatic rings. The van der Waals surface area contributed by atoms with Gasteiger partial charge in [0.25, 0.3) is 0 Å². The van der Waals surface area contributed by atoms with E-state index in [9.17, 15) is 4.57 Å². The summed E-state index contributed by atoms with van der Waals surface area (Å²) in [5.41, 5.74) is 2.83. The second kappa shape index (κ2) is 5.19. The fourth-order valence-corrected chi connectivity index (χ4v) is 2.76. The van der Waals surface area contributed by atoms with Gasteiger partial charge < -0.3 is 0 Å². The Balaban J connectivity index is 2.62. The second-order valence-electron chi connectivity index (χ2n) is 4.25. The van der Waals surface area contributed by atoms with Crippen molar-refractivity contribution in [1.29, 1.82) is 0 Å². The van der Waals surface area contributed by atoms with Crippen LogP contribution in [-0.4, -0.2) is 6.16 Å². The number of hydrogen-bond acceptors (Lipinski definition) is 1. The molecule has 4 atom stereocenters. The lowest BCUT2D eigenvalue weighted by Crippen LogP contribution is -2.15. The van der Waals surface area contributed by atoms with Crippen molar-refractivity contribution >= 4 is 16.4 Å². The van der Waals surface area contributed by atoms with Crippen molar-refractivity contribution in [2.75, 3.05) is 6.16 Å². The summed E-state index contributed by atoms with van der Waals surface area (Å²) in [6, 6.07) is 0. The highest BCUT2D eigenvalue weighted by molar-refractivity contribution is 8.06. The van der Waals surface area contributed by atoms with E-state index >= 15 is 0 Å². The Labute approximate surface area is 89.9 Å². The van der Waals surface area contributed by atoms with Gasteiger partial charge in [-0.1, -0.05) is 36.1 Å². The van der Waals surface area contributed by atoms with Crippen LogP contribution in [0.3, 0.4) is 0 Å². The number of allylic oxidation sites excluding steroid dienone is 3. The average molecular weight is 229 g/mol. The SMILES string of the molecule is C=C1[C@H](C)CC(=CC[P+](=O)P)C[C@H]1C. The molecule has 1 aliphatic carbocycles. The first kappa shape index (κ1) is 12.1. The molecule has 0 aromatic carbocycles. The van der Waals surface area contributed by atoms with Crippen molar-refractivity contribution in [2.45, 2.75) is 26.7 Å². The molecule has 0 amide bonds. The van der Waals surface area contributed by atoms with Gasteiger partial charge in [0, 0.05) is 0 Å². The molecule has 1 fully saturated rings. The van der Waals surface area contributed by atoms with Crippen molar-refractivity contribution in [1.82, 2.24) is 0 Å². The maximum absolute atomic E-state index is 11.0. The third kappa shape index (κ3) is 3.30. The summed E-state index contributed by atoms with van der Waals surface area (Å²) in [7, 11) is 1.27. The topological polar surface area (TPSA) is 17.1 Å². The van der Waals surface area contributed by atoms with E-state index in [0.29, 0.717) is 18.0 Å². The average Bonchev–Trinajstić information content (AvgIpc) is 2.10. The molecule has 0 N–H and O–H groups in total. The van der Waals surface area contributed by atoms with Crippen LogP contribution in [-0.2, 0) is 4.57 Å². The zero-order valence-corrected chi connectivity index (χ0v) is 11.0. The van der Waals surface area contributed by atoms with E-state index in [1.165, 1.54) is 11.1 Å². The molecule has 0 saturated heterocycles. The van der Waals surface area contributed by atoms with E-state index in [0.717, 1.165) is 12.8 Å². The smallest absolute Gasteiger partial charge is 0.0993 e. The molecule has 1 saturated carbocycles. The van der Waals surface area contributed by atoms with Gasteiger partial charge in [-0.3, -0.25) is 0 Å².